The second kappa shape index (κ2) is 6.61. The van der Waals surface area contributed by atoms with Gasteiger partial charge in [0.25, 0.3) is 0 Å². The quantitative estimate of drug-likeness (QED) is 0.813. The van der Waals surface area contributed by atoms with E-state index in [0.717, 1.165) is 17.8 Å². The van der Waals surface area contributed by atoms with Gasteiger partial charge in [0.2, 0.25) is 5.91 Å². The van der Waals surface area contributed by atoms with Crippen LogP contribution in [-0.4, -0.2) is 31.6 Å². The lowest BCUT2D eigenvalue weighted by Gasteiger charge is -2.20. The molecule has 1 aliphatic heterocycles. The topological polar surface area (TPSA) is 67.4 Å². The minimum Gasteiger partial charge on any atom is -0.467 e. The molecular formula is C16H22N2O3. The fraction of sp³-hybridized carbons (Fsp3) is 0.500. The molecule has 5 nitrogen and oxygen atoms in total. The fourth-order valence-electron chi connectivity index (χ4n) is 2.62. The molecule has 1 aromatic carbocycles. The summed E-state index contributed by atoms with van der Waals surface area (Å²) in [4.78, 5) is 23.9. The molecule has 21 heavy (non-hydrogen) atoms. The van der Waals surface area contributed by atoms with Crippen molar-refractivity contribution in [1.82, 2.24) is 5.32 Å². The molecule has 2 N–H and O–H groups in total. The van der Waals surface area contributed by atoms with Crippen LogP contribution in [0.3, 0.4) is 0 Å². The van der Waals surface area contributed by atoms with Crippen LogP contribution in [0.2, 0.25) is 0 Å². The number of para-hydroxylation sites is 1. The molecule has 5 heteroatoms. The third kappa shape index (κ3) is 3.54. The molecule has 0 aromatic heterocycles. The number of carbonyl (C=O) groups is 2. The van der Waals surface area contributed by atoms with Crippen molar-refractivity contribution in [2.24, 2.45) is 5.92 Å². The summed E-state index contributed by atoms with van der Waals surface area (Å²) in [6.07, 6.45) is 0.365. The molecule has 2 unspecified atom stereocenters. The van der Waals surface area contributed by atoms with Crippen molar-refractivity contribution in [3.05, 3.63) is 29.8 Å². The Labute approximate surface area is 125 Å². The Morgan fingerprint density at radius 2 is 2.10 bits per heavy atom. The van der Waals surface area contributed by atoms with E-state index >= 15 is 0 Å². The van der Waals surface area contributed by atoms with E-state index in [1.165, 1.54) is 7.11 Å². The monoisotopic (exact) mass is 290 g/mol. The van der Waals surface area contributed by atoms with Crippen LogP contribution in [0.1, 0.15) is 31.7 Å². The van der Waals surface area contributed by atoms with Crippen molar-refractivity contribution in [3.63, 3.8) is 0 Å². The lowest BCUT2D eigenvalue weighted by atomic mass is 9.97. The summed E-state index contributed by atoms with van der Waals surface area (Å²) in [5.74, 6) is -0.382. The van der Waals surface area contributed by atoms with Gasteiger partial charge in [0, 0.05) is 24.6 Å². The second-order valence-corrected chi connectivity index (χ2v) is 5.68. The average Bonchev–Trinajstić information content (AvgIpc) is 2.87. The number of rotatable bonds is 5. The van der Waals surface area contributed by atoms with E-state index in [1.807, 2.05) is 38.1 Å². The van der Waals surface area contributed by atoms with Gasteiger partial charge in [0.15, 0.2) is 0 Å². The average molecular weight is 290 g/mol. The van der Waals surface area contributed by atoms with Gasteiger partial charge in [0.1, 0.15) is 6.04 Å². The van der Waals surface area contributed by atoms with E-state index < -0.39 is 12.0 Å². The van der Waals surface area contributed by atoms with Gasteiger partial charge in [-0.15, -0.1) is 0 Å². The molecule has 0 aliphatic carbocycles. The molecule has 1 aromatic rings. The standard InChI is InChI=1S/C16H22N2O3/c1-10(2)15(16(20)21-3)18-14(19)8-11-9-17-13-7-5-4-6-12(11)13/h4-7,10-11,15,17H,8-9H2,1-3H3,(H,18,19). The predicted octanol–water partition coefficient (Wildman–Crippen LogP) is 1.90. The van der Waals surface area contributed by atoms with Gasteiger partial charge in [-0.25, -0.2) is 4.79 Å². The molecule has 1 aliphatic rings. The zero-order valence-corrected chi connectivity index (χ0v) is 12.7. The maximum atomic E-state index is 12.2. The molecule has 1 amide bonds. The van der Waals surface area contributed by atoms with Crippen LogP contribution in [0.15, 0.2) is 24.3 Å². The molecule has 0 bridgehead atoms. The van der Waals surface area contributed by atoms with Gasteiger partial charge in [0.05, 0.1) is 7.11 Å². The van der Waals surface area contributed by atoms with E-state index in [2.05, 4.69) is 10.6 Å². The number of anilines is 1. The van der Waals surface area contributed by atoms with E-state index in [1.54, 1.807) is 0 Å². The highest BCUT2D eigenvalue weighted by molar-refractivity contribution is 5.85. The van der Waals surface area contributed by atoms with E-state index in [-0.39, 0.29) is 17.7 Å². The first-order valence-electron chi connectivity index (χ1n) is 7.23. The van der Waals surface area contributed by atoms with Gasteiger partial charge in [-0.3, -0.25) is 4.79 Å². The van der Waals surface area contributed by atoms with Crippen LogP contribution in [0.4, 0.5) is 5.69 Å². The molecule has 2 rings (SSSR count). The van der Waals surface area contributed by atoms with Crippen LogP contribution >= 0.6 is 0 Å². The summed E-state index contributed by atoms with van der Waals surface area (Å²) in [6.45, 7) is 4.51. The van der Waals surface area contributed by atoms with Crippen molar-refractivity contribution in [2.45, 2.75) is 32.2 Å². The summed E-state index contributed by atoms with van der Waals surface area (Å²) in [5.41, 5.74) is 2.25. The van der Waals surface area contributed by atoms with Crippen molar-refractivity contribution >= 4 is 17.6 Å². The normalized spacial score (nSPS) is 17.8. The minimum atomic E-state index is -0.591. The summed E-state index contributed by atoms with van der Waals surface area (Å²) >= 11 is 0. The third-order valence-corrected chi connectivity index (χ3v) is 3.81. The Morgan fingerprint density at radius 3 is 2.76 bits per heavy atom. The van der Waals surface area contributed by atoms with E-state index in [0.29, 0.717) is 6.42 Å². The van der Waals surface area contributed by atoms with Crippen LogP contribution < -0.4 is 10.6 Å². The number of carbonyl (C=O) groups excluding carboxylic acids is 2. The van der Waals surface area contributed by atoms with E-state index in [9.17, 15) is 9.59 Å². The predicted molar refractivity (Wildman–Crippen MR) is 81.1 cm³/mol. The molecule has 114 valence electrons. The van der Waals surface area contributed by atoms with Crippen LogP contribution in [-0.2, 0) is 14.3 Å². The first kappa shape index (κ1) is 15.4. The Balaban J connectivity index is 1.98. The third-order valence-electron chi connectivity index (χ3n) is 3.81. The van der Waals surface area contributed by atoms with Crippen LogP contribution in [0.5, 0.6) is 0 Å². The summed E-state index contributed by atoms with van der Waals surface area (Å²) in [7, 11) is 1.33. The number of methoxy groups -OCH3 is 1. The zero-order valence-electron chi connectivity index (χ0n) is 12.7. The second-order valence-electron chi connectivity index (χ2n) is 5.68. The largest absolute Gasteiger partial charge is 0.467 e. The van der Waals surface area contributed by atoms with Crippen molar-refractivity contribution in [1.29, 1.82) is 0 Å². The SMILES string of the molecule is COC(=O)C(NC(=O)CC1CNc2ccccc21)C(C)C. The smallest absolute Gasteiger partial charge is 0.328 e. The van der Waals surface area contributed by atoms with Gasteiger partial charge < -0.3 is 15.4 Å². The number of ether oxygens (including phenoxy) is 1. The van der Waals surface area contributed by atoms with Crippen molar-refractivity contribution in [3.8, 4) is 0 Å². The molecule has 0 saturated carbocycles. The lowest BCUT2D eigenvalue weighted by Crippen LogP contribution is -2.45. The summed E-state index contributed by atoms with van der Waals surface area (Å²) in [5, 5.41) is 6.08. The molecule has 1 heterocycles. The number of amides is 1. The molecule has 0 saturated heterocycles. The highest BCUT2D eigenvalue weighted by Gasteiger charge is 2.28. The highest BCUT2D eigenvalue weighted by atomic mass is 16.5. The number of hydrogen-bond acceptors (Lipinski definition) is 4. The first-order valence-corrected chi connectivity index (χ1v) is 7.23. The summed E-state index contributed by atoms with van der Waals surface area (Å²) < 4.78 is 4.73. The summed E-state index contributed by atoms with van der Waals surface area (Å²) in [6, 6.07) is 7.40. The van der Waals surface area contributed by atoms with Gasteiger partial charge in [-0.1, -0.05) is 32.0 Å². The maximum absolute atomic E-state index is 12.2. The Hall–Kier alpha value is -2.04. The lowest BCUT2D eigenvalue weighted by molar-refractivity contribution is -0.146. The molecule has 2 atom stereocenters. The van der Waals surface area contributed by atoms with E-state index in [4.69, 9.17) is 4.74 Å². The molecular weight excluding hydrogens is 268 g/mol. The first-order chi connectivity index (χ1) is 10.0. The number of hydrogen-bond donors (Lipinski definition) is 2. The van der Waals surface area contributed by atoms with Crippen LogP contribution in [0, 0.1) is 5.92 Å². The fourth-order valence-corrected chi connectivity index (χ4v) is 2.62. The minimum absolute atomic E-state index is 0.00427. The number of benzene rings is 1. The highest BCUT2D eigenvalue weighted by Crippen LogP contribution is 2.33. The zero-order chi connectivity index (χ0) is 15.4. The van der Waals surface area contributed by atoms with Gasteiger partial charge in [-0.05, 0) is 17.5 Å². The van der Waals surface area contributed by atoms with Crippen LogP contribution in [0.25, 0.3) is 0 Å². The number of nitrogens with one attached hydrogen (secondary N) is 2. The van der Waals surface area contributed by atoms with Gasteiger partial charge in [-0.2, -0.15) is 0 Å². The number of fused-ring (bicyclic) bond motifs is 1. The van der Waals surface area contributed by atoms with Crippen molar-refractivity contribution < 1.29 is 14.3 Å². The Bertz CT molecular complexity index is 528. The van der Waals surface area contributed by atoms with Gasteiger partial charge >= 0.3 is 5.97 Å². The molecule has 0 fully saturated rings. The number of esters is 1. The maximum Gasteiger partial charge on any atom is 0.328 e. The molecule has 0 spiro atoms. The molecule has 0 radical (unpaired) electrons. The van der Waals surface area contributed by atoms with Crippen molar-refractivity contribution in [2.75, 3.05) is 19.0 Å². The Morgan fingerprint density at radius 1 is 1.38 bits per heavy atom. The Kier molecular flexibility index (Phi) is 4.83.